The Morgan fingerprint density at radius 1 is 1.60 bits per heavy atom. The smallest absolute Gasteiger partial charge is 0.240 e. The SMILES string of the molecule is CCC1(C(=O)NCC(C)(C)O)CCCN1. The minimum absolute atomic E-state index is 0.0182. The van der Waals surface area contributed by atoms with Gasteiger partial charge in [0.2, 0.25) is 5.91 Å². The van der Waals surface area contributed by atoms with E-state index >= 15 is 0 Å². The highest BCUT2D eigenvalue weighted by molar-refractivity contribution is 5.86. The molecule has 0 aliphatic carbocycles. The Bertz CT molecular complexity index is 227. The summed E-state index contributed by atoms with van der Waals surface area (Å²) in [6.07, 6.45) is 2.73. The zero-order chi connectivity index (χ0) is 11.5. The van der Waals surface area contributed by atoms with Crippen LogP contribution in [0.25, 0.3) is 0 Å². The van der Waals surface area contributed by atoms with Crippen LogP contribution in [0.2, 0.25) is 0 Å². The van der Waals surface area contributed by atoms with E-state index in [0.29, 0.717) is 6.54 Å². The first-order valence-corrected chi connectivity index (χ1v) is 5.65. The van der Waals surface area contributed by atoms with Gasteiger partial charge < -0.3 is 15.7 Å². The third-order valence-corrected chi connectivity index (χ3v) is 2.96. The molecule has 0 saturated carbocycles. The van der Waals surface area contributed by atoms with Crippen molar-refractivity contribution in [3.8, 4) is 0 Å². The Balaban J connectivity index is 2.51. The normalized spacial score (nSPS) is 26.7. The highest BCUT2D eigenvalue weighted by Crippen LogP contribution is 2.23. The van der Waals surface area contributed by atoms with Crippen LogP contribution >= 0.6 is 0 Å². The van der Waals surface area contributed by atoms with Crippen molar-refractivity contribution in [3.05, 3.63) is 0 Å². The lowest BCUT2D eigenvalue weighted by atomic mass is 9.93. The second-order valence-corrected chi connectivity index (χ2v) is 4.96. The molecule has 1 rings (SSSR count). The summed E-state index contributed by atoms with van der Waals surface area (Å²) in [5.41, 5.74) is -1.24. The van der Waals surface area contributed by atoms with Crippen LogP contribution in [0.3, 0.4) is 0 Å². The van der Waals surface area contributed by atoms with Crippen molar-refractivity contribution in [1.82, 2.24) is 10.6 Å². The van der Waals surface area contributed by atoms with E-state index in [2.05, 4.69) is 10.6 Å². The number of nitrogens with one attached hydrogen (secondary N) is 2. The lowest BCUT2D eigenvalue weighted by Gasteiger charge is -2.28. The molecule has 1 aliphatic rings. The minimum atomic E-state index is -0.844. The first-order valence-electron chi connectivity index (χ1n) is 5.65. The van der Waals surface area contributed by atoms with Crippen LogP contribution in [0, 0.1) is 0 Å². The average molecular weight is 214 g/mol. The summed E-state index contributed by atoms with van der Waals surface area (Å²) >= 11 is 0. The molecule has 4 nitrogen and oxygen atoms in total. The van der Waals surface area contributed by atoms with Gasteiger partial charge in [-0.25, -0.2) is 0 Å². The second-order valence-electron chi connectivity index (χ2n) is 4.96. The molecule has 0 aromatic carbocycles. The predicted octanol–water partition coefficient (Wildman–Crippen LogP) is 0.406. The maximum absolute atomic E-state index is 12.0. The molecule has 1 fully saturated rings. The molecule has 88 valence electrons. The Morgan fingerprint density at radius 2 is 2.27 bits per heavy atom. The largest absolute Gasteiger partial charge is 0.389 e. The Morgan fingerprint density at radius 3 is 2.67 bits per heavy atom. The molecular weight excluding hydrogens is 192 g/mol. The van der Waals surface area contributed by atoms with Gasteiger partial charge in [-0.15, -0.1) is 0 Å². The highest BCUT2D eigenvalue weighted by atomic mass is 16.3. The van der Waals surface area contributed by atoms with Crippen LogP contribution in [0.4, 0.5) is 0 Å². The fraction of sp³-hybridized carbons (Fsp3) is 0.909. The van der Waals surface area contributed by atoms with E-state index in [4.69, 9.17) is 0 Å². The van der Waals surface area contributed by atoms with E-state index in [0.717, 1.165) is 25.8 Å². The predicted molar refractivity (Wildman–Crippen MR) is 59.6 cm³/mol. The van der Waals surface area contributed by atoms with Gasteiger partial charge in [0.25, 0.3) is 0 Å². The first kappa shape index (κ1) is 12.5. The Kier molecular flexibility index (Phi) is 3.73. The minimum Gasteiger partial charge on any atom is -0.389 e. The van der Waals surface area contributed by atoms with E-state index in [1.165, 1.54) is 0 Å². The van der Waals surface area contributed by atoms with Crippen molar-refractivity contribution in [2.24, 2.45) is 0 Å². The summed E-state index contributed by atoms with van der Waals surface area (Å²) in [4.78, 5) is 12.0. The maximum Gasteiger partial charge on any atom is 0.240 e. The summed E-state index contributed by atoms with van der Waals surface area (Å²) in [5, 5.41) is 15.6. The molecule has 0 aromatic heterocycles. The topological polar surface area (TPSA) is 61.4 Å². The molecule has 1 amide bonds. The van der Waals surface area contributed by atoms with Crippen LogP contribution in [-0.2, 0) is 4.79 Å². The molecule has 1 atom stereocenters. The van der Waals surface area contributed by atoms with Gasteiger partial charge in [-0.3, -0.25) is 4.79 Å². The van der Waals surface area contributed by atoms with Gasteiger partial charge in [0.15, 0.2) is 0 Å². The Hall–Kier alpha value is -0.610. The number of aliphatic hydroxyl groups is 1. The Labute approximate surface area is 91.4 Å². The molecule has 0 spiro atoms. The standard InChI is InChI=1S/C11H22N2O2/c1-4-11(6-5-7-13-11)9(14)12-8-10(2,3)15/h13,15H,4-8H2,1-3H3,(H,12,14). The van der Waals surface area contributed by atoms with Gasteiger partial charge in [0.1, 0.15) is 0 Å². The maximum atomic E-state index is 12.0. The summed E-state index contributed by atoms with van der Waals surface area (Å²) < 4.78 is 0. The van der Waals surface area contributed by atoms with Crippen LogP contribution < -0.4 is 10.6 Å². The van der Waals surface area contributed by atoms with Crippen molar-refractivity contribution in [3.63, 3.8) is 0 Å². The number of carbonyl (C=O) groups is 1. The molecule has 4 heteroatoms. The fourth-order valence-corrected chi connectivity index (χ4v) is 1.93. The number of carbonyl (C=O) groups excluding carboxylic acids is 1. The molecule has 1 saturated heterocycles. The van der Waals surface area contributed by atoms with Crippen molar-refractivity contribution in [1.29, 1.82) is 0 Å². The zero-order valence-corrected chi connectivity index (χ0v) is 9.89. The van der Waals surface area contributed by atoms with Gasteiger partial charge in [0, 0.05) is 6.54 Å². The van der Waals surface area contributed by atoms with E-state index < -0.39 is 11.1 Å². The number of hydrogen-bond donors (Lipinski definition) is 3. The second kappa shape index (κ2) is 4.49. The van der Waals surface area contributed by atoms with E-state index in [9.17, 15) is 9.90 Å². The van der Waals surface area contributed by atoms with Gasteiger partial charge in [-0.05, 0) is 39.7 Å². The monoisotopic (exact) mass is 214 g/mol. The van der Waals surface area contributed by atoms with Crippen molar-refractivity contribution < 1.29 is 9.90 Å². The molecule has 3 N–H and O–H groups in total. The molecule has 0 aromatic rings. The van der Waals surface area contributed by atoms with Gasteiger partial charge in [-0.2, -0.15) is 0 Å². The number of rotatable bonds is 4. The van der Waals surface area contributed by atoms with Gasteiger partial charge in [0.05, 0.1) is 11.1 Å². The third-order valence-electron chi connectivity index (χ3n) is 2.96. The van der Waals surface area contributed by atoms with Crippen LogP contribution in [0.5, 0.6) is 0 Å². The molecule has 0 radical (unpaired) electrons. The van der Waals surface area contributed by atoms with Crippen molar-refractivity contribution in [2.45, 2.75) is 51.2 Å². The quantitative estimate of drug-likeness (QED) is 0.635. The lowest BCUT2D eigenvalue weighted by molar-refractivity contribution is -0.128. The molecule has 15 heavy (non-hydrogen) atoms. The average Bonchev–Trinajstić information content (AvgIpc) is 2.62. The summed E-state index contributed by atoms with van der Waals surface area (Å²) in [6.45, 7) is 6.60. The first-order chi connectivity index (χ1) is 6.90. The summed E-state index contributed by atoms with van der Waals surface area (Å²) in [7, 11) is 0. The van der Waals surface area contributed by atoms with Crippen LogP contribution in [0.1, 0.15) is 40.0 Å². The summed E-state index contributed by atoms with van der Waals surface area (Å²) in [6, 6.07) is 0. The van der Waals surface area contributed by atoms with Crippen LogP contribution in [-0.4, -0.2) is 35.2 Å². The molecule has 1 aliphatic heterocycles. The van der Waals surface area contributed by atoms with Crippen molar-refractivity contribution >= 4 is 5.91 Å². The van der Waals surface area contributed by atoms with Gasteiger partial charge >= 0.3 is 0 Å². The number of hydrogen-bond acceptors (Lipinski definition) is 3. The van der Waals surface area contributed by atoms with E-state index in [1.807, 2.05) is 6.92 Å². The van der Waals surface area contributed by atoms with E-state index in [-0.39, 0.29) is 5.91 Å². The summed E-state index contributed by atoms with van der Waals surface area (Å²) in [5.74, 6) is 0.0182. The van der Waals surface area contributed by atoms with E-state index in [1.54, 1.807) is 13.8 Å². The van der Waals surface area contributed by atoms with Crippen molar-refractivity contribution in [2.75, 3.05) is 13.1 Å². The highest BCUT2D eigenvalue weighted by Gasteiger charge is 2.39. The zero-order valence-electron chi connectivity index (χ0n) is 9.89. The number of amides is 1. The van der Waals surface area contributed by atoms with Crippen LogP contribution in [0.15, 0.2) is 0 Å². The fourth-order valence-electron chi connectivity index (χ4n) is 1.93. The molecule has 1 heterocycles. The molecule has 1 unspecified atom stereocenters. The lowest BCUT2D eigenvalue weighted by Crippen LogP contribution is -2.55. The third kappa shape index (κ3) is 3.18. The molecular formula is C11H22N2O2. The molecule has 0 bridgehead atoms. The van der Waals surface area contributed by atoms with Gasteiger partial charge in [-0.1, -0.05) is 6.92 Å².